The van der Waals surface area contributed by atoms with E-state index in [0.717, 1.165) is 18.6 Å². The van der Waals surface area contributed by atoms with Crippen LogP contribution >= 0.6 is 0 Å². The van der Waals surface area contributed by atoms with Crippen LogP contribution in [0.5, 0.6) is 5.75 Å². The molecule has 4 heteroatoms. The van der Waals surface area contributed by atoms with Gasteiger partial charge in [0.05, 0.1) is 6.61 Å². The number of para-hydroxylation sites is 1. The van der Waals surface area contributed by atoms with Crippen molar-refractivity contribution in [2.45, 2.75) is 51.2 Å². The number of esters is 1. The van der Waals surface area contributed by atoms with Crippen molar-refractivity contribution >= 4 is 5.97 Å². The van der Waals surface area contributed by atoms with Gasteiger partial charge in [-0.15, -0.1) is 0 Å². The Bertz CT molecular complexity index is 475. The van der Waals surface area contributed by atoms with Crippen LogP contribution in [-0.4, -0.2) is 24.2 Å². The van der Waals surface area contributed by atoms with Gasteiger partial charge in [0.2, 0.25) is 0 Å². The predicted molar refractivity (Wildman–Crippen MR) is 77.6 cm³/mol. The first-order valence-corrected chi connectivity index (χ1v) is 7.29. The lowest BCUT2D eigenvalue weighted by molar-refractivity contribution is -0.149. The smallest absolute Gasteiger partial charge is 0.326 e. The molecule has 1 aliphatic rings. The summed E-state index contributed by atoms with van der Waals surface area (Å²) in [5, 5.41) is 0. The number of nitrogens with two attached hydrogens (primary N) is 1. The van der Waals surface area contributed by atoms with Crippen molar-refractivity contribution in [1.29, 1.82) is 0 Å². The predicted octanol–water partition coefficient (Wildman–Crippen LogP) is 2.44. The van der Waals surface area contributed by atoms with Gasteiger partial charge in [-0.1, -0.05) is 25.1 Å². The first-order valence-electron chi connectivity index (χ1n) is 7.29. The van der Waals surface area contributed by atoms with E-state index in [1.54, 1.807) is 6.92 Å². The summed E-state index contributed by atoms with van der Waals surface area (Å²) >= 11 is 0. The molecule has 1 fully saturated rings. The molecule has 0 heterocycles. The van der Waals surface area contributed by atoms with Gasteiger partial charge in [-0.3, -0.25) is 4.79 Å². The van der Waals surface area contributed by atoms with Gasteiger partial charge < -0.3 is 15.2 Å². The van der Waals surface area contributed by atoms with Gasteiger partial charge in [0.25, 0.3) is 0 Å². The summed E-state index contributed by atoms with van der Waals surface area (Å²) < 4.78 is 11.1. The summed E-state index contributed by atoms with van der Waals surface area (Å²) in [7, 11) is 0. The number of rotatable bonds is 5. The van der Waals surface area contributed by atoms with Crippen molar-refractivity contribution in [3.05, 3.63) is 29.8 Å². The molecular weight excluding hydrogens is 254 g/mol. The number of hydrogen-bond donors (Lipinski definition) is 1. The van der Waals surface area contributed by atoms with Crippen LogP contribution < -0.4 is 10.5 Å². The maximum Gasteiger partial charge on any atom is 0.326 e. The highest BCUT2D eigenvalue weighted by Crippen LogP contribution is 2.33. The number of aryl methyl sites for hydroxylation is 1. The highest BCUT2D eigenvalue weighted by atomic mass is 16.5. The Hall–Kier alpha value is -1.55. The van der Waals surface area contributed by atoms with E-state index in [2.05, 4.69) is 13.0 Å². The molecule has 1 aromatic carbocycles. The molecule has 1 aromatic rings. The SMILES string of the molecule is CCOC(=O)C1(N)CCC(Oc2ccccc2CC)C1. The fraction of sp³-hybridized carbons (Fsp3) is 0.562. The van der Waals surface area contributed by atoms with Crippen molar-refractivity contribution in [2.75, 3.05) is 6.61 Å². The quantitative estimate of drug-likeness (QED) is 0.840. The summed E-state index contributed by atoms with van der Waals surface area (Å²) in [6.45, 7) is 4.26. The van der Waals surface area contributed by atoms with Crippen LogP contribution in [0.3, 0.4) is 0 Å². The summed E-state index contributed by atoms with van der Waals surface area (Å²) in [5.41, 5.74) is 6.44. The topological polar surface area (TPSA) is 61.5 Å². The van der Waals surface area contributed by atoms with Crippen LogP contribution in [0.25, 0.3) is 0 Å². The van der Waals surface area contributed by atoms with Gasteiger partial charge in [-0.25, -0.2) is 0 Å². The zero-order valence-electron chi connectivity index (χ0n) is 12.2. The Morgan fingerprint density at radius 2 is 2.15 bits per heavy atom. The van der Waals surface area contributed by atoms with E-state index in [0.29, 0.717) is 19.4 Å². The van der Waals surface area contributed by atoms with Gasteiger partial charge in [0.1, 0.15) is 17.4 Å². The molecule has 0 aromatic heterocycles. The monoisotopic (exact) mass is 277 g/mol. The van der Waals surface area contributed by atoms with Crippen molar-refractivity contribution in [3.8, 4) is 5.75 Å². The largest absolute Gasteiger partial charge is 0.490 e. The van der Waals surface area contributed by atoms with Crippen LogP contribution in [0.15, 0.2) is 24.3 Å². The lowest BCUT2D eigenvalue weighted by Gasteiger charge is -2.22. The Morgan fingerprint density at radius 1 is 1.40 bits per heavy atom. The molecule has 0 bridgehead atoms. The molecule has 0 amide bonds. The third-order valence-electron chi connectivity index (χ3n) is 3.83. The first-order chi connectivity index (χ1) is 9.59. The fourth-order valence-corrected chi connectivity index (χ4v) is 2.68. The highest BCUT2D eigenvalue weighted by molar-refractivity contribution is 5.81. The zero-order chi connectivity index (χ0) is 14.6. The minimum absolute atomic E-state index is 0.0166. The molecule has 1 aliphatic carbocycles. The number of benzene rings is 1. The van der Waals surface area contributed by atoms with E-state index in [1.165, 1.54) is 5.56 Å². The maximum absolute atomic E-state index is 11.9. The fourth-order valence-electron chi connectivity index (χ4n) is 2.68. The summed E-state index contributed by atoms with van der Waals surface area (Å²) in [4.78, 5) is 11.9. The van der Waals surface area contributed by atoms with Crippen LogP contribution in [-0.2, 0) is 16.0 Å². The third-order valence-corrected chi connectivity index (χ3v) is 3.83. The lowest BCUT2D eigenvalue weighted by Crippen LogP contribution is -2.47. The number of carbonyl (C=O) groups excluding carboxylic acids is 1. The Kier molecular flexibility index (Phi) is 4.65. The molecule has 110 valence electrons. The Labute approximate surface area is 120 Å². The number of carbonyl (C=O) groups is 1. The molecule has 4 nitrogen and oxygen atoms in total. The molecule has 2 N–H and O–H groups in total. The molecule has 0 aliphatic heterocycles. The van der Waals surface area contributed by atoms with Crippen molar-refractivity contribution in [1.82, 2.24) is 0 Å². The normalized spacial score (nSPS) is 25.4. The third kappa shape index (κ3) is 3.12. The second-order valence-electron chi connectivity index (χ2n) is 5.32. The van der Waals surface area contributed by atoms with Crippen LogP contribution in [0, 0.1) is 0 Å². The first kappa shape index (κ1) is 14.9. The van der Waals surface area contributed by atoms with E-state index in [9.17, 15) is 4.79 Å². The van der Waals surface area contributed by atoms with E-state index in [-0.39, 0.29) is 12.1 Å². The molecule has 0 radical (unpaired) electrons. The minimum atomic E-state index is -0.887. The summed E-state index contributed by atoms with van der Waals surface area (Å²) in [5.74, 6) is 0.586. The average Bonchev–Trinajstić information content (AvgIpc) is 2.82. The van der Waals surface area contributed by atoms with Crippen molar-refractivity contribution < 1.29 is 14.3 Å². The van der Waals surface area contributed by atoms with E-state index in [4.69, 9.17) is 15.2 Å². The lowest BCUT2D eigenvalue weighted by atomic mass is 9.99. The Morgan fingerprint density at radius 3 is 2.85 bits per heavy atom. The van der Waals surface area contributed by atoms with Gasteiger partial charge in [0.15, 0.2) is 0 Å². The van der Waals surface area contributed by atoms with Crippen LogP contribution in [0.4, 0.5) is 0 Å². The van der Waals surface area contributed by atoms with E-state index < -0.39 is 5.54 Å². The van der Waals surface area contributed by atoms with Gasteiger partial charge in [-0.2, -0.15) is 0 Å². The van der Waals surface area contributed by atoms with E-state index in [1.807, 2.05) is 18.2 Å². The molecule has 1 saturated carbocycles. The highest BCUT2D eigenvalue weighted by Gasteiger charge is 2.44. The second kappa shape index (κ2) is 6.27. The second-order valence-corrected chi connectivity index (χ2v) is 5.32. The van der Waals surface area contributed by atoms with E-state index >= 15 is 0 Å². The van der Waals surface area contributed by atoms with Crippen LogP contribution in [0.2, 0.25) is 0 Å². The van der Waals surface area contributed by atoms with Gasteiger partial charge in [-0.05, 0) is 37.8 Å². The molecule has 0 saturated heterocycles. The van der Waals surface area contributed by atoms with Crippen molar-refractivity contribution in [2.24, 2.45) is 5.73 Å². The van der Waals surface area contributed by atoms with Gasteiger partial charge in [0, 0.05) is 6.42 Å². The molecule has 2 atom stereocenters. The summed E-state index contributed by atoms with van der Waals surface area (Å²) in [6.07, 6.45) is 2.83. The average molecular weight is 277 g/mol. The molecular formula is C16H23NO3. The standard InChI is InChI=1S/C16H23NO3/c1-3-12-7-5-6-8-14(12)20-13-9-10-16(17,11-13)15(18)19-4-2/h5-8,13H,3-4,9-11,17H2,1-2H3. The number of ether oxygens (including phenoxy) is 2. The molecule has 20 heavy (non-hydrogen) atoms. The molecule has 2 rings (SSSR count). The molecule has 0 spiro atoms. The van der Waals surface area contributed by atoms with Crippen LogP contribution in [0.1, 0.15) is 38.7 Å². The maximum atomic E-state index is 11.9. The van der Waals surface area contributed by atoms with Gasteiger partial charge >= 0.3 is 5.97 Å². The van der Waals surface area contributed by atoms with Crippen molar-refractivity contribution in [3.63, 3.8) is 0 Å². The molecule has 2 unspecified atom stereocenters. The number of hydrogen-bond acceptors (Lipinski definition) is 4. The zero-order valence-corrected chi connectivity index (χ0v) is 12.2. The summed E-state index contributed by atoms with van der Waals surface area (Å²) in [6, 6.07) is 8.00. The Balaban J connectivity index is 2.01. The minimum Gasteiger partial charge on any atom is -0.490 e.